The van der Waals surface area contributed by atoms with Crippen molar-refractivity contribution >= 4 is 0 Å². The maximum atomic E-state index is 10.4. The van der Waals surface area contributed by atoms with Gasteiger partial charge in [0.1, 0.15) is 5.75 Å². The van der Waals surface area contributed by atoms with Crippen LogP contribution in [0.2, 0.25) is 0 Å². The van der Waals surface area contributed by atoms with Crippen LogP contribution in [0, 0.1) is 23.2 Å². The first-order valence-electron chi connectivity index (χ1n) is 11.0. The van der Waals surface area contributed by atoms with Gasteiger partial charge in [0.25, 0.3) is 0 Å². The molecule has 6 aliphatic rings. The molecule has 26 heavy (non-hydrogen) atoms. The van der Waals surface area contributed by atoms with E-state index in [1.165, 1.54) is 64.6 Å². The van der Waals surface area contributed by atoms with Crippen LogP contribution in [0.25, 0.3) is 0 Å². The zero-order chi connectivity index (χ0) is 17.1. The molecule has 0 radical (unpaired) electrons. The predicted molar refractivity (Wildman–Crippen MR) is 101 cm³/mol. The molecule has 0 aromatic heterocycles. The van der Waals surface area contributed by atoms with Crippen molar-refractivity contribution in [2.75, 3.05) is 19.6 Å². The quantitative estimate of drug-likeness (QED) is 0.860. The number of rotatable bonds is 2. The molecule has 2 saturated heterocycles. The summed E-state index contributed by atoms with van der Waals surface area (Å²) in [5, 5.41) is 14.3. The van der Waals surface area contributed by atoms with Crippen molar-refractivity contribution in [2.45, 2.75) is 62.4 Å². The summed E-state index contributed by atoms with van der Waals surface area (Å²) in [7, 11) is 0. The Morgan fingerprint density at radius 1 is 1.19 bits per heavy atom. The maximum absolute atomic E-state index is 10.4. The van der Waals surface area contributed by atoms with E-state index in [1.54, 1.807) is 11.1 Å². The van der Waals surface area contributed by atoms with Gasteiger partial charge in [-0.2, -0.15) is 0 Å². The third kappa shape index (κ3) is 1.57. The van der Waals surface area contributed by atoms with E-state index in [1.807, 2.05) is 6.07 Å². The van der Waals surface area contributed by atoms with Crippen molar-refractivity contribution in [3.63, 3.8) is 0 Å². The van der Waals surface area contributed by atoms with Gasteiger partial charge in [-0.25, -0.2) is 0 Å². The predicted octanol–water partition coefficient (Wildman–Crippen LogP) is 3.06. The lowest BCUT2D eigenvalue weighted by Crippen LogP contribution is -2.69. The summed E-state index contributed by atoms with van der Waals surface area (Å²) in [6.07, 6.45) is 9.69. The second-order valence-corrected chi connectivity index (χ2v) is 10.4. The van der Waals surface area contributed by atoms with Crippen molar-refractivity contribution in [3.8, 4) is 5.75 Å². The smallest absolute Gasteiger partial charge is 0.115 e. The highest BCUT2D eigenvalue weighted by Crippen LogP contribution is 2.74. The molecule has 1 aromatic carbocycles. The Morgan fingerprint density at radius 2 is 2.12 bits per heavy atom. The average molecular weight is 351 g/mol. The van der Waals surface area contributed by atoms with Crippen LogP contribution in [0.4, 0.5) is 0 Å². The van der Waals surface area contributed by atoms with Crippen LogP contribution in [-0.4, -0.2) is 41.7 Å². The van der Waals surface area contributed by atoms with E-state index in [-0.39, 0.29) is 0 Å². The molecule has 0 unspecified atom stereocenters. The minimum absolute atomic E-state index is 0.334. The first-order chi connectivity index (χ1) is 12.7. The average Bonchev–Trinajstić information content (AvgIpc) is 3.29. The molecule has 2 N–H and O–H groups in total. The summed E-state index contributed by atoms with van der Waals surface area (Å²) in [4.78, 5) is 2.93. The lowest BCUT2D eigenvalue weighted by Gasteiger charge is -2.66. The van der Waals surface area contributed by atoms with E-state index in [0.717, 1.165) is 29.8 Å². The fraction of sp³-hybridized carbons (Fsp3) is 0.739. The molecule has 0 amide bonds. The Bertz CT molecular complexity index is 788. The number of hydrogen-bond donors (Lipinski definition) is 2. The van der Waals surface area contributed by atoms with Gasteiger partial charge in [-0.15, -0.1) is 0 Å². The Labute approximate surface area is 156 Å². The fourth-order valence-corrected chi connectivity index (χ4v) is 8.80. The van der Waals surface area contributed by atoms with Crippen LogP contribution < -0.4 is 5.32 Å². The topological polar surface area (TPSA) is 35.5 Å². The highest BCUT2D eigenvalue weighted by Gasteiger charge is 2.74. The molecule has 4 aliphatic carbocycles. The highest BCUT2D eigenvalue weighted by atomic mass is 16.3. The van der Waals surface area contributed by atoms with Crippen molar-refractivity contribution in [1.82, 2.24) is 10.2 Å². The monoisotopic (exact) mass is 350 g/mol. The van der Waals surface area contributed by atoms with Gasteiger partial charge in [0.2, 0.25) is 0 Å². The first kappa shape index (κ1) is 14.9. The molecule has 138 valence electrons. The minimum Gasteiger partial charge on any atom is -0.508 e. The minimum atomic E-state index is 0.334. The fourth-order valence-electron chi connectivity index (χ4n) is 8.80. The SMILES string of the molecule is Oc1ccc2c(c1)[C@]13CCN(CC4CC4)[C@H](C2)[C@]12CC[C@H]1NC[C@@H](C2)[C@H]13. The van der Waals surface area contributed by atoms with Gasteiger partial charge >= 0.3 is 0 Å². The number of phenolic OH excluding ortho intramolecular Hbond substituents is 1. The summed E-state index contributed by atoms with van der Waals surface area (Å²) < 4.78 is 0. The summed E-state index contributed by atoms with van der Waals surface area (Å²) in [6.45, 7) is 3.88. The zero-order valence-corrected chi connectivity index (χ0v) is 15.6. The van der Waals surface area contributed by atoms with E-state index in [0.29, 0.717) is 16.6 Å². The summed E-state index contributed by atoms with van der Waals surface area (Å²) >= 11 is 0. The molecular weight excluding hydrogens is 320 g/mol. The van der Waals surface area contributed by atoms with Crippen LogP contribution in [0.15, 0.2) is 18.2 Å². The number of nitrogens with one attached hydrogen (secondary N) is 1. The molecule has 3 heteroatoms. The second-order valence-electron chi connectivity index (χ2n) is 10.4. The normalized spacial score (nSPS) is 48.3. The van der Waals surface area contributed by atoms with Crippen molar-refractivity contribution < 1.29 is 5.11 Å². The molecule has 7 rings (SSSR count). The Hall–Kier alpha value is -1.06. The van der Waals surface area contributed by atoms with Gasteiger partial charge in [-0.05, 0) is 104 Å². The lowest BCUT2D eigenvalue weighted by molar-refractivity contribution is -0.0941. The molecule has 2 heterocycles. The molecule has 4 bridgehead atoms. The molecule has 3 saturated carbocycles. The molecule has 5 fully saturated rings. The third-order valence-corrected chi connectivity index (χ3v) is 9.62. The Kier molecular flexibility index (Phi) is 2.68. The van der Waals surface area contributed by atoms with E-state index in [2.05, 4.69) is 22.3 Å². The number of phenols is 1. The number of piperidine rings is 1. The summed E-state index contributed by atoms with van der Waals surface area (Å²) in [6, 6.07) is 7.85. The molecule has 0 spiro atoms. The summed E-state index contributed by atoms with van der Waals surface area (Å²) in [5.74, 6) is 3.14. The number of nitrogens with zero attached hydrogens (tertiary/aromatic N) is 1. The Balaban J connectivity index is 1.46. The van der Waals surface area contributed by atoms with Crippen LogP contribution in [-0.2, 0) is 11.8 Å². The third-order valence-electron chi connectivity index (χ3n) is 9.62. The number of likely N-dealkylation sites (tertiary alicyclic amines) is 1. The number of fused-ring (bicyclic) bond motifs is 1. The van der Waals surface area contributed by atoms with Crippen LogP contribution in [0.1, 0.15) is 49.7 Å². The number of benzene rings is 1. The largest absolute Gasteiger partial charge is 0.508 e. The van der Waals surface area contributed by atoms with E-state index >= 15 is 0 Å². The van der Waals surface area contributed by atoms with E-state index in [4.69, 9.17) is 0 Å². The van der Waals surface area contributed by atoms with Crippen molar-refractivity contribution in [3.05, 3.63) is 29.3 Å². The van der Waals surface area contributed by atoms with Crippen molar-refractivity contribution in [2.24, 2.45) is 23.2 Å². The summed E-state index contributed by atoms with van der Waals surface area (Å²) in [5.41, 5.74) is 3.92. The van der Waals surface area contributed by atoms with E-state index < -0.39 is 0 Å². The van der Waals surface area contributed by atoms with E-state index in [9.17, 15) is 5.11 Å². The number of hydrogen-bond acceptors (Lipinski definition) is 3. The second kappa shape index (κ2) is 4.67. The molecule has 3 nitrogen and oxygen atoms in total. The molecular formula is C23H30N2O. The molecule has 1 aromatic rings. The van der Waals surface area contributed by atoms with Gasteiger partial charge in [-0.1, -0.05) is 6.07 Å². The highest BCUT2D eigenvalue weighted by molar-refractivity contribution is 5.50. The first-order valence-corrected chi connectivity index (χ1v) is 11.0. The standard InChI is InChI=1S/C23H30N2O/c26-17-4-3-15-9-20-22-6-5-19-21(16(11-22)12-24-19)23(22,18(15)10-17)7-8-25(20)13-14-1-2-14/h3-4,10,14,16,19-21,24,26H,1-2,5-9,11-13H2/t16-,19-,20-,21-,22-,23+/m1/s1. The lowest BCUT2D eigenvalue weighted by atomic mass is 9.43. The van der Waals surface area contributed by atoms with Gasteiger partial charge in [0, 0.05) is 24.0 Å². The van der Waals surface area contributed by atoms with Crippen LogP contribution >= 0.6 is 0 Å². The van der Waals surface area contributed by atoms with Crippen LogP contribution in [0.5, 0.6) is 5.75 Å². The van der Waals surface area contributed by atoms with Gasteiger partial charge < -0.3 is 10.4 Å². The maximum Gasteiger partial charge on any atom is 0.115 e. The molecule has 2 aliphatic heterocycles. The molecule has 6 atom stereocenters. The zero-order valence-electron chi connectivity index (χ0n) is 15.6. The van der Waals surface area contributed by atoms with Gasteiger partial charge in [0.15, 0.2) is 0 Å². The van der Waals surface area contributed by atoms with Crippen molar-refractivity contribution in [1.29, 1.82) is 0 Å². The number of aromatic hydroxyl groups is 1. The Morgan fingerprint density at radius 3 is 3.00 bits per heavy atom. The van der Waals surface area contributed by atoms with Crippen LogP contribution in [0.3, 0.4) is 0 Å². The van der Waals surface area contributed by atoms with Gasteiger partial charge in [-0.3, -0.25) is 4.90 Å². The van der Waals surface area contributed by atoms with Gasteiger partial charge in [0.05, 0.1) is 0 Å².